The second kappa shape index (κ2) is 9.14. The number of nitrogens with one attached hydrogen (secondary N) is 1. The summed E-state index contributed by atoms with van der Waals surface area (Å²) in [7, 11) is 0. The average molecular weight is 580 g/mol. The number of benzene rings is 2. The van der Waals surface area contributed by atoms with E-state index in [1.165, 1.54) is 10.7 Å². The van der Waals surface area contributed by atoms with Crippen LogP contribution >= 0.6 is 39.1 Å². The van der Waals surface area contributed by atoms with Gasteiger partial charge in [0.25, 0.3) is 17.8 Å². The highest BCUT2D eigenvalue weighted by Gasteiger charge is 2.50. The van der Waals surface area contributed by atoms with E-state index in [0.29, 0.717) is 32.5 Å². The summed E-state index contributed by atoms with van der Waals surface area (Å²) in [5.74, 6) is -8.20. The molecule has 4 rings (SSSR count). The van der Waals surface area contributed by atoms with Gasteiger partial charge in [0.2, 0.25) is 0 Å². The SMILES string of the molecule is Cc1c(C(=O)NN2CC(F)(F)CC(F)(F)C2)nn(-c2ccc(Cl)cc2Cl)c1-c1ccc(Br)cc1. The summed E-state index contributed by atoms with van der Waals surface area (Å²) < 4.78 is 57.4. The molecule has 0 radical (unpaired) electrons. The van der Waals surface area contributed by atoms with E-state index in [9.17, 15) is 22.4 Å². The fourth-order valence-electron chi connectivity index (χ4n) is 3.87. The number of hydrogen-bond donors (Lipinski definition) is 1. The van der Waals surface area contributed by atoms with Gasteiger partial charge in [-0.2, -0.15) is 5.10 Å². The first-order valence-electron chi connectivity index (χ1n) is 9.98. The maximum Gasteiger partial charge on any atom is 0.286 e. The summed E-state index contributed by atoms with van der Waals surface area (Å²) >= 11 is 15.8. The Morgan fingerprint density at radius 3 is 2.26 bits per heavy atom. The molecule has 0 saturated carbocycles. The summed E-state index contributed by atoms with van der Waals surface area (Å²) in [6, 6.07) is 11.9. The molecule has 1 aromatic heterocycles. The summed E-state index contributed by atoms with van der Waals surface area (Å²) in [5, 5.41) is 5.55. The maximum absolute atomic E-state index is 13.8. The molecule has 5 nitrogen and oxygen atoms in total. The maximum atomic E-state index is 13.8. The predicted octanol–water partition coefficient (Wildman–Crippen LogP) is 6.54. The van der Waals surface area contributed by atoms with E-state index in [-0.39, 0.29) is 10.7 Å². The first kappa shape index (κ1) is 25.0. The Labute approximate surface area is 210 Å². The molecule has 0 aliphatic carbocycles. The molecule has 2 aromatic carbocycles. The number of nitrogens with zero attached hydrogens (tertiary/aromatic N) is 3. The molecule has 0 bridgehead atoms. The molecule has 0 unspecified atom stereocenters. The van der Waals surface area contributed by atoms with E-state index in [1.807, 2.05) is 0 Å². The van der Waals surface area contributed by atoms with Crippen LogP contribution in [-0.4, -0.2) is 45.6 Å². The van der Waals surface area contributed by atoms with Crippen LogP contribution in [0.25, 0.3) is 16.9 Å². The molecule has 180 valence electrons. The van der Waals surface area contributed by atoms with E-state index in [2.05, 4.69) is 26.5 Å². The van der Waals surface area contributed by atoms with Crippen molar-refractivity contribution in [1.29, 1.82) is 0 Å². The highest BCUT2D eigenvalue weighted by Crippen LogP contribution is 2.36. The molecule has 0 spiro atoms. The Bertz CT molecular complexity index is 1230. The van der Waals surface area contributed by atoms with Gasteiger partial charge in [0, 0.05) is 20.6 Å². The van der Waals surface area contributed by atoms with E-state index in [0.717, 1.165) is 4.47 Å². The summed E-state index contributed by atoms with van der Waals surface area (Å²) in [6.07, 6.45) is -1.57. The highest BCUT2D eigenvalue weighted by atomic mass is 79.9. The van der Waals surface area contributed by atoms with Crippen molar-refractivity contribution in [3.63, 3.8) is 0 Å². The van der Waals surface area contributed by atoms with Crippen molar-refractivity contribution in [2.24, 2.45) is 0 Å². The number of piperidine rings is 1. The predicted molar refractivity (Wildman–Crippen MR) is 125 cm³/mol. The van der Waals surface area contributed by atoms with E-state index >= 15 is 0 Å². The quantitative estimate of drug-likeness (QED) is 0.357. The second-order valence-electron chi connectivity index (χ2n) is 8.02. The number of amides is 1. The monoisotopic (exact) mass is 578 g/mol. The molecule has 1 saturated heterocycles. The van der Waals surface area contributed by atoms with Gasteiger partial charge in [-0.05, 0) is 37.3 Å². The zero-order valence-electron chi connectivity index (χ0n) is 17.6. The van der Waals surface area contributed by atoms with Gasteiger partial charge in [0.1, 0.15) is 0 Å². The van der Waals surface area contributed by atoms with Gasteiger partial charge in [-0.15, -0.1) is 0 Å². The van der Waals surface area contributed by atoms with Gasteiger partial charge in [-0.25, -0.2) is 27.3 Å². The lowest BCUT2D eigenvalue weighted by atomic mass is 10.1. The van der Waals surface area contributed by atoms with Crippen LogP contribution in [0.15, 0.2) is 46.9 Å². The van der Waals surface area contributed by atoms with E-state index in [4.69, 9.17) is 23.2 Å². The normalized spacial score (nSPS) is 17.5. The molecule has 1 fully saturated rings. The molecular weight excluding hydrogens is 563 g/mol. The lowest BCUT2D eigenvalue weighted by Gasteiger charge is -2.36. The van der Waals surface area contributed by atoms with Crippen molar-refractivity contribution in [2.45, 2.75) is 25.2 Å². The Morgan fingerprint density at radius 2 is 1.68 bits per heavy atom. The number of hydrogen-bond acceptors (Lipinski definition) is 3. The zero-order valence-corrected chi connectivity index (χ0v) is 20.7. The number of rotatable bonds is 4. The third kappa shape index (κ3) is 5.25. The number of carbonyl (C=O) groups is 1. The molecule has 34 heavy (non-hydrogen) atoms. The van der Waals surface area contributed by atoms with Crippen molar-refractivity contribution in [1.82, 2.24) is 20.2 Å². The first-order valence-corrected chi connectivity index (χ1v) is 11.5. The van der Waals surface area contributed by atoms with Crippen LogP contribution in [0, 0.1) is 6.92 Å². The molecule has 12 heteroatoms. The number of aromatic nitrogens is 2. The minimum Gasteiger partial charge on any atom is -0.283 e. The van der Waals surface area contributed by atoms with Gasteiger partial charge in [0.05, 0.1) is 35.9 Å². The lowest BCUT2D eigenvalue weighted by molar-refractivity contribution is -0.178. The molecule has 0 atom stereocenters. The summed E-state index contributed by atoms with van der Waals surface area (Å²) in [6.45, 7) is -0.438. The number of hydrazine groups is 1. The van der Waals surface area contributed by atoms with Crippen LogP contribution in [0.1, 0.15) is 22.5 Å². The number of alkyl halides is 4. The van der Waals surface area contributed by atoms with Crippen LogP contribution < -0.4 is 5.43 Å². The van der Waals surface area contributed by atoms with Gasteiger partial charge >= 0.3 is 0 Å². The Kier molecular flexibility index (Phi) is 6.71. The standard InChI is InChI=1S/C22H17BrCl2F4N4O/c1-12-18(20(34)31-32-10-21(26,27)9-22(28,29)11-32)30-33(17-7-6-15(24)8-16(17)25)19(12)13-2-4-14(23)5-3-13/h2-8H,9-11H2,1H3,(H,31,34). The van der Waals surface area contributed by atoms with E-state index < -0.39 is 37.3 Å². The van der Waals surface area contributed by atoms with Crippen molar-refractivity contribution in [3.8, 4) is 16.9 Å². The third-order valence-corrected chi connectivity index (χ3v) is 6.28. The minimum atomic E-state index is -3.65. The molecular formula is C22H17BrCl2F4N4O. The third-order valence-electron chi connectivity index (χ3n) is 5.21. The lowest BCUT2D eigenvalue weighted by Crippen LogP contribution is -2.58. The molecule has 1 aliphatic rings. The Morgan fingerprint density at radius 1 is 1.06 bits per heavy atom. The average Bonchev–Trinajstić information content (AvgIpc) is 3.03. The zero-order chi connectivity index (χ0) is 24.8. The Hall–Kier alpha value is -2.14. The molecule has 3 aromatic rings. The first-order chi connectivity index (χ1) is 15.8. The van der Waals surface area contributed by atoms with Crippen molar-refractivity contribution in [3.05, 3.63) is 68.2 Å². The van der Waals surface area contributed by atoms with Gasteiger partial charge in [-0.1, -0.05) is 51.3 Å². The number of halogens is 7. The fraction of sp³-hybridized carbons (Fsp3) is 0.273. The van der Waals surface area contributed by atoms with Crippen molar-refractivity contribution < 1.29 is 22.4 Å². The topological polar surface area (TPSA) is 50.2 Å². The summed E-state index contributed by atoms with van der Waals surface area (Å²) in [4.78, 5) is 13.0. The molecule has 1 amide bonds. The van der Waals surface area contributed by atoms with Crippen LogP contribution in [-0.2, 0) is 0 Å². The molecule has 1 N–H and O–H groups in total. The minimum absolute atomic E-state index is 0.124. The number of carbonyl (C=O) groups excluding carboxylic acids is 1. The van der Waals surface area contributed by atoms with Crippen LogP contribution in [0.5, 0.6) is 0 Å². The van der Waals surface area contributed by atoms with Crippen LogP contribution in [0.2, 0.25) is 10.0 Å². The van der Waals surface area contributed by atoms with Gasteiger partial charge < -0.3 is 0 Å². The molecule has 1 aliphatic heterocycles. The summed E-state index contributed by atoms with van der Waals surface area (Å²) in [5.41, 5.74) is 4.06. The van der Waals surface area contributed by atoms with E-state index in [1.54, 1.807) is 43.3 Å². The highest BCUT2D eigenvalue weighted by molar-refractivity contribution is 9.10. The van der Waals surface area contributed by atoms with Gasteiger partial charge in [-0.3, -0.25) is 10.2 Å². The smallest absolute Gasteiger partial charge is 0.283 e. The molecule has 2 heterocycles. The largest absolute Gasteiger partial charge is 0.286 e. The van der Waals surface area contributed by atoms with Crippen LogP contribution in [0.4, 0.5) is 17.6 Å². The Balaban J connectivity index is 1.76. The van der Waals surface area contributed by atoms with Crippen molar-refractivity contribution in [2.75, 3.05) is 13.1 Å². The van der Waals surface area contributed by atoms with Crippen LogP contribution in [0.3, 0.4) is 0 Å². The fourth-order valence-corrected chi connectivity index (χ4v) is 4.62. The van der Waals surface area contributed by atoms with Gasteiger partial charge in [0.15, 0.2) is 5.69 Å². The second-order valence-corrected chi connectivity index (χ2v) is 9.78. The van der Waals surface area contributed by atoms with Crippen molar-refractivity contribution >= 4 is 45.0 Å².